The molecule has 96 valence electrons. The molecule has 0 saturated heterocycles. The minimum atomic E-state index is -0.338. The lowest BCUT2D eigenvalue weighted by Gasteiger charge is -2.02. The fourth-order valence-electron chi connectivity index (χ4n) is 1.32. The maximum atomic E-state index is 12.9. The van der Waals surface area contributed by atoms with Crippen LogP contribution in [0.4, 0.5) is 4.39 Å². The minimum absolute atomic E-state index is 0.134. The summed E-state index contributed by atoms with van der Waals surface area (Å²) < 4.78 is 24.0. The molecule has 1 heterocycles. The summed E-state index contributed by atoms with van der Waals surface area (Å²) >= 11 is 3.21. The molecule has 1 aromatic heterocycles. The third-order valence-corrected chi connectivity index (χ3v) is 2.80. The molecule has 4 nitrogen and oxygen atoms in total. The first-order chi connectivity index (χ1) is 8.69. The number of nitrogens with one attached hydrogen (secondary N) is 1. The molecule has 1 N–H and O–H groups in total. The Morgan fingerprint density at radius 1 is 1.50 bits per heavy atom. The number of oxazole rings is 1. The lowest BCUT2D eigenvalue weighted by atomic mass is 10.3. The molecular weight excluding hydrogens is 303 g/mol. The highest BCUT2D eigenvalue weighted by Gasteiger charge is 2.09. The number of ether oxygens (including phenoxy) is 1. The van der Waals surface area contributed by atoms with E-state index in [1.807, 2.05) is 6.92 Å². The lowest BCUT2D eigenvalue weighted by Crippen LogP contribution is -2.11. The first kappa shape index (κ1) is 13.0. The Morgan fingerprint density at radius 3 is 3.06 bits per heavy atom. The summed E-state index contributed by atoms with van der Waals surface area (Å²) in [5, 5.41) is 3.12. The maximum Gasteiger partial charge on any atom is 0.399 e. The van der Waals surface area contributed by atoms with Crippen molar-refractivity contribution in [3.05, 3.63) is 40.4 Å². The van der Waals surface area contributed by atoms with Crippen molar-refractivity contribution in [2.24, 2.45) is 0 Å². The van der Waals surface area contributed by atoms with Gasteiger partial charge in [-0.25, -0.2) is 4.39 Å². The van der Waals surface area contributed by atoms with E-state index in [1.165, 1.54) is 24.5 Å². The predicted molar refractivity (Wildman–Crippen MR) is 68.1 cm³/mol. The Labute approximate surface area is 112 Å². The van der Waals surface area contributed by atoms with Crippen LogP contribution in [0.25, 0.3) is 0 Å². The summed E-state index contributed by atoms with van der Waals surface area (Å²) in [6.07, 6.45) is 1.66. The van der Waals surface area contributed by atoms with Crippen LogP contribution in [0, 0.1) is 5.82 Å². The highest BCUT2D eigenvalue weighted by Crippen LogP contribution is 2.29. The van der Waals surface area contributed by atoms with Gasteiger partial charge in [-0.15, -0.1) is 0 Å². The molecule has 0 fully saturated rings. The molecule has 0 radical (unpaired) electrons. The largest absolute Gasteiger partial charge is 0.417 e. The van der Waals surface area contributed by atoms with E-state index < -0.39 is 0 Å². The number of benzene rings is 1. The van der Waals surface area contributed by atoms with Crippen LogP contribution in [0.15, 0.2) is 33.4 Å². The first-order valence-electron chi connectivity index (χ1n) is 5.47. The highest BCUT2D eigenvalue weighted by molar-refractivity contribution is 9.10. The van der Waals surface area contributed by atoms with E-state index in [1.54, 1.807) is 0 Å². The minimum Gasteiger partial charge on any atom is -0.417 e. The third kappa shape index (κ3) is 3.30. The monoisotopic (exact) mass is 314 g/mol. The van der Waals surface area contributed by atoms with Crippen molar-refractivity contribution >= 4 is 15.9 Å². The Morgan fingerprint density at radius 2 is 2.33 bits per heavy atom. The molecule has 18 heavy (non-hydrogen) atoms. The van der Waals surface area contributed by atoms with Gasteiger partial charge in [-0.2, -0.15) is 4.98 Å². The van der Waals surface area contributed by atoms with Crippen molar-refractivity contribution in [3.8, 4) is 11.8 Å². The van der Waals surface area contributed by atoms with Gasteiger partial charge in [-0.3, -0.25) is 0 Å². The van der Waals surface area contributed by atoms with Crippen LogP contribution in [0.5, 0.6) is 11.8 Å². The van der Waals surface area contributed by atoms with Gasteiger partial charge in [-0.05, 0) is 40.7 Å². The van der Waals surface area contributed by atoms with Crippen molar-refractivity contribution in [2.45, 2.75) is 13.5 Å². The molecule has 0 bridgehead atoms. The topological polar surface area (TPSA) is 47.3 Å². The fraction of sp³-hybridized carbons (Fsp3) is 0.250. The Bertz CT molecular complexity index is 531. The van der Waals surface area contributed by atoms with Crippen molar-refractivity contribution in [3.63, 3.8) is 0 Å². The quantitative estimate of drug-likeness (QED) is 0.918. The molecule has 0 aliphatic rings. The SMILES string of the molecule is CCNCc1coc(Oc2ccc(F)cc2Br)n1. The standard InChI is InChI=1S/C12H12BrFN2O2/c1-2-15-6-9-7-17-12(16-9)18-11-4-3-8(14)5-10(11)13/h3-5,7,15H,2,6H2,1H3. The van der Waals surface area contributed by atoms with Crippen molar-refractivity contribution in [2.75, 3.05) is 6.54 Å². The molecule has 6 heteroatoms. The molecule has 2 rings (SSSR count). The van der Waals surface area contributed by atoms with Crippen LogP contribution >= 0.6 is 15.9 Å². The number of hydrogen-bond acceptors (Lipinski definition) is 4. The molecule has 0 aliphatic heterocycles. The van der Waals surface area contributed by atoms with Gasteiger partial charge < -0.3 is 14.5 Å². The van der Waals surface area contributed by atoms with Gasteiger partial charge >= 0.3 is 6.08 Å². The van der Waals surface area contributed by atoms with Gasteiger partial charge in [0, 0.05) is 6.54 Å². The zero-order valence-corrected chi connectivity index (χ0v) is 11.3. The van der Waals surface area contributed by atoms with Crippen molar-refractivity contribution in [1.82, 2.24) is 10.3 Å². The van der Waals surface area contributed by atoms with Gasteiger partial charge in [0.05, 0.1) is 10.2 Å². The Kier molecular flexibility index (Phi) is 4.33. The second-order valence-electron chi connectivity index (χ2n) is 3.56. The van der Waals surface area contributed by atoms with Crippen molar-refractivity contribution < 1.29 is 13.5 Å². The number of rotatable bonds is 5. The molecule has 2 aromatic rings. The van der Waals surface area contributed by atoms with Crippen LogP contribution < -0.4 is 10.1 Å². The van der Waals surface area contributed by atoms with Gasteiger partial charge in [0.2, 0.25) is 0 Å². The fourth-order valence-corrected chi connectivity index (χ4v) is 1.75. The molecule has 1 aromatic carbocycles. The van der Waals surface area contributed by atoms with E-state index in [-0.39, 0.29) is 11.9 Å². The zero-order valence-electron chi connectivity index (χ0n) is 9.74. The highest BCUT2D eigenvalue weighted by atomic mass is 79.9. The zero-order chi connectivity index (χ0) is 13.0. The average molecular weight is 315 g/mol. The van der Waals surface area contributed by atoms with Gasteiger partial charge in [0.1, 0.15) is 17.8 Å². The average Bonchev–Trinajstić information content (AvgIpc) is 2.78. The Hall–Kier alpha value is -1.40. The van der Waals surface area contributed by atoms with E-state index in [0.717, 1.165) is 12.2 Å². The summed E-state index contributed by atoms with van der Waals surface area (Å²) in [6.45, 7) is 3.48. The van der Waals surface area contributed by atoms with Crippen molar-refractivity contribution in [1.29, 1.82) is 0 Å². The van der Waals surface area contributed by atoms with Crippen LogP contribution in [0.1, 0.15) is 12.6 Å². The second-order valence-corrected chi connectivity index (χ2v) is 4.42. The molecule has 0 saturated carbocycles. The molecule has 0 spiro atoms. The molecule has 0 unspecified atom stereocenters. The summed E-state index contributed by atoms with van der Waals surface area (Å²) in [5.41, 5.74) is 0.755. The van der Waals surface area contributed by atoms with E-state index in [4.69, 9.17) is 9.15 Å². The maximum absolute atomic E-state index is 12.9. The Balaban J connectivity index is 2.06. The molecule has 0 aliphatic carbocycles. The van der Waals surface area contributed by atoms with E-state index in [9.17, 15) is 4.39 Å². The second kappa shape index (κ2) is 5.97. The third-order valence-electron chi connectivity index (χ3n) is 2.18. The summed E-state index contributed by atoms with van der Waals surface area (Å²) in [5.74, 6) is 0.114. The van der Waals surface area contributed by atoms with Gasteiger partial charge in [-0.1, -0.05) is 6.92 Å². The van der Waals surface area contributed by atoms with Gasteiger partial charge in [0.25, 0.3) is 0 Å². The predicted octanol–water partition coefficient (Wildman–Crippen LogP) is 3.48. The van der Waals surface area contributed by atoms with Gasteiger partial charge in [0.15, 0.2) is 0 Å². The first-order valence-corrected chi connectivity index (χ1v) is 6.26. The van der Waals surface area contributed by atoms with Crippen LogP contribution in [0.3, 0.4) is 0 Å². The van der Waals surface area contributed by atoms with Crippen LogP contribution in [-0.2, 0) is 6.54 Å². The van der Waals surface area contributed by atoms with Crippen LogP contribution in [-0.4, -0.2) is 11.5 Å². The number of hydrogen-bond donors (Lipinski definition) is 1. The molecular formula is C12H12BrFN2O2. The van der Waals surface area contributed by atoms with E-state index in [2.05, 4.69) is 26.2 Å². The van der Waals surface area contributed by atoms with E-state index >= 15 is 0 Å². The lowest BCUT2D eigenvalue weighted by molar-refractivity contribution is 0.329. The smallest absolute Gasteiger partial charge is 0.399 e. The normalized spacial score (nSPS) is 10.6. The molecule has 0 atom stereocenters. The summed E-state index contributed by atoms with van der Waals surface area (Å²) in [4.78, 5) is 4.14. The number of nitrogens with zero attached hydrogens (tertiary/aromatic N) is 1. The number of halogens is 2. The molecule has 0 amide bonds. The van der Waals surface area contributed by atoms with E-state index in [0.29, 0.717) is 16.8 Å². The summed E-state index contributed by atoms with van der Waals surface area (Å²) in [7, 11) is 0. The summed E-state index contributed by atoms with van der Waals surface area (Å²) in [6, 6.07) is 4.13. The van der Waals surface area contributed by atoms with Crippen LogP contribution in [0.2, 0.25) is 0 Å². The number of aromatic nitrogens is 1.